The highest BCUT2D eigenvalue weighted by atomic mass is 16.5. The van der Waals surface area contributed by atoms with Crippen molar-refractivity contribution in [1.29, 1.82) is 0 Å². The first-order chi connectivity index (χ1) is 10.1. The number of aromatic nitrogens is 2. The Kier molecular flexibility index (Phi) is 2.75. The summed E-state index contributed by atoms with van der Waals surface area (Å²) in [5.74, 6) is -0.0630. The van der Waals surface area contributed by atoms with Crippen LogP contribution >= 0.6 is 0 Å². The van der Waals surface area contributed by atoms with Crippen molar-refractivity contribution in [3.8, 4) is 0 Å². The summed E-state index contributed by atoms with van der Waals surface area (Å²) >= 11 is 0. The van der Waals surface area contributed by atoms with Gasteiger partial charge in [0.05, 0.1) is 16.6 Å². The Hall–Kier alpha value is -1.95. The number of nitrogens with zero attached hydrogens (tertiary/aromatic N) is 2. The Morgan fingerprint density at radius 2 is 2.24 bits per heavy atom. The van der Waals surface area contributed by atoms with E-state index in [1.807, 2.05) is 6.92 Å². The lowest BCUT2D eigenvalue weighted by Crippen LogP contribution is -2.54. The molecule has 2 heterocycles. The summed E-state index contributed by atoms with van der Waals surface area (Å²) < 4.78 is 5.27. The summed E-state index contributed by atoms with van der Waals surface area (Å²) in [6.45, 7) is 1.85. The number of rotatable bonds is 2. The smallest absolute Gasteiger partial charge is 0.259 e. The maximum absolute atomic E-state index is 12.8. The zero-order valence-corrected chi connectivity index (χ0v) is 12.0. The Bertz CT molecular complexity index is 737. The normalized spacial score (nSPS) is 23.9. The Morgan fingerprint density at radius 1 is 1.38 bits per heavy atom. The van der Waals surface area contributed by atoms with Gasteiger partial charge in [-0.2, -0.15) is 0 Å². The van der Waals surface area contributed by atoms with Crippen LogP contribution in [-0.2, 0) is 12.8 Å². The zero-order chi connectivity index (χ0) is 14.6. The number of nitrogens with one attached hydrogen (secondary N) is 1. The standard InChI is InChI=1S/C15H18N4O2/c1-7-12-13(14(20)17-11-6-5-9(11)16)8-3-2-4-10(8)18-15(12)21-19-7/h9,11H,2-6,16H2,1H3,(H,17,20)/t9-,11+/m0/s1. The molecule has 1 amide bonds. The molecule has 6 heteroatoms. The maximum atomic E-state index is 12.8. The van der Waals surface area contributed by atoms with Crippen molar-refractivity contribution in [2.24, 2.45) is 5.73 Å². The molecule has 0 bridgehead atoms. The van der Waals surface area contributed by atoms with E-state index in [0.29, 0.717) is 11.3 Å². The van der Waals surface area contributed by atoms with E-state index in [1.54, 1.807) is 0 Å². The van der Waals surface area contributed by atoms with Crippen LogP contribution in [0.4, 0.5) is 0 Å². The second-order valence-electron chi connectivity index (χ2n) is 6.03. The van der Waals surface area contributed by atoms with Crippen LogP contribution in [0.25, 0.3) is 11.1 Å². The minimum absolute atomic E-state index is 0.0630. The predicted octanol–water partition coefficient (Wildman–Crippen LogP) is 1.24. The molecule has 3 N–H and O–H groups in total. The second kappa shape index (κ2) is 4.53. The monoisotopic (exact) mass is 286 g/mol. The molecule has 0 spiro atoms. The van der Waals surface area contributed by atoms with Crippen molar-refractivity contribution >= 4 is 17.0 Å². The van der Waals surface area contributed by atoms with Gasteiger partial charge in [0.15, 0.2) is 0 Å². The molecule has 2 aromatic rings. The van der Waals surface area contributed by atoms with Gasteiger partial charge in [0, 0.05) is 17.8 Å². The molecule has 21 heavy (non-hydrogen) atoms. The van der Waals surface area contributed by atoms with Crippen LogP contribution in [0.3, 0.4) is 0 Å². The number of carbonyl (C=O) groups excluding carboxylic acids is 1. The highest BCUT2D eigenvalue weighted by Crippen LogP contribution is 2.32. The number of nitrogens with two attached hydrogens (primary N) is 1. The summed E-state index contributed by atoms with van der Waals surface area (Å²) in [5, 5.41) is 7.78. The summed E-state index contributed by atoms with van der Waals surface area (Å²) in [6, 6.07) is 0.154. The van der Waals surface area contributed by atoms with E-state index in [1.165, 1.54) is 0 Å². The molecule has 6 nitrogen and oxygen atoms in total. The topological polar surface area (TPSA) is 94.0 Å². The van der Waals surface area contributed by atoms with Gasteiger partial charge < -0.3 is 15.6 Å². The fourth-order valence-electron chi connectivity index (χ4n) is 3.31. The van der Waals surface area contributed by atoms with Gasteiger partial charge in [-0.1, -0.05) is 5.16 Å². The highest BCUT2D eigenvalue weighted by Gasteiger charge is 2.32. The number of amides is 1. The molecule has 2 aromatic heterocycles. The van der Waals surface area contributed by atoms with Gasteiger partial charge in [-0.3, -0.25) is 4.79 Å². The molecule has 1 saturated carbocycles. The molecule has 0 radical (unpaired) electrons. The quantitative estimate of drug-likeness (QED) is 0.866. The van der Waals surface area contributed by atoms with Gasteiger partial charge in [0.2, 0.25) is 0 Å². The van der Waals surface area contributed by atoms with E-state index in [9.17, 15) is 4.79 Å². The Labute approximate surface area is 122 Å². The summed E-state index contributed by atoms with van der Waals surface area (Å²) in [4.78, 5) is 17.3. The van der Waals surface area contributed by atoms with Crippen LogP contribution in [0.1, 0.15) is 46.6 Å². The van der Waals surface area contributed by atoms with E-state index in [0.717, 1.165) is 54.4 Å². The first kappa shape index (κ1) is 12.8. The summed E-state index contributed by atoms with van der Waals surface area (Å²) in [7, 11) is 0. The lowest BCUT2D eigenvalue weighted by atomic mass is 9.87. The van der Waals surface area contributed by atoms with Gasteiger partial charge in [-0.05, 0) is 44.6 Å². The lowest BCUT2D eigenvalue weighted by molar-refractivity contribution is 0.0906. The number of hydrogen-bond donors (Lipinski definition) is 2. The van der Waals surface area contributed by atoms with Crippen LogP contribution in [0, 0.1) is 6.92 Å². The van der Waals surface area contributed by atoms with Gasteiger partial charge >= 0.3 is 0 Å². The fraction of sp³-hybridized carbons (Fsp3) is 0.533. The average Bonchev–Trinajstić information content (AvgIpc) is 3.07. The molecule has 4 rings (SSSR count). The van der Waals surface area contributed by atoms with Crippen molar-refractivity contribution in [3.63, 3.8) is 0 Å². The third-order valence-electron chi connectivity index (χ3n) is 4.69. The van der Waals surface area contributed by atoms with Crippen molar-refractivity contribution in [2.45, 2.75) is 51.1 Å². The molecule has 2 atom stereocenters. The third-order valence-corrected chi connectivity index (χ3v) is 4.69. The van der Waals surface area contributed by atoms with E-state index in [2.05, 4.69) is 15.5 Å². The largest absolute Gasteiger partial charge is 0.348 e. The van der Waals surface area contributed by atoms with Gasteiger partial charge in [-0.25, -0.2) is 4.98 Å². The fourth-order valence-corrected chi connectivity index (χ4v) is 3.31. The molecule has 1 fully saturated rings. The van der Waals surface area contributed by atoms with Crippen molar-refractivity contribution in [2.75, 3.05) is 0 Å². The van der Waals surface area contributed by atoms with Crippen LogP contribution in [0.15, 0.2) is 4.52 Å². The molecular weight excluding hydrogens is 268 g/mol. The van der Waals surface area contributed by atoms with Crippen molar-refractivity contribution < 1.29 is 9.32 Å². The second-order valence-corrected chi connectivity index (χ2v) is 6.03. The maximum Gasteiger partial charge on any atom is 0.259 e. The van der Waals surface area contributed by atoms with E-state index >= 15 is 0 Å². The predicted molar refractivity (Wildman–Crippen MR) is 77.0 cm³/mol. The van der Waals surface area contributed by atoms with Gasteiger partial charge in [0.25, 0.3) is 11.6 Å². The molecule has 0 saturated heterocycles. The van der Waals surface area contributed by atoms with Crippen LogP contribution in [-0.4, -0.2) is 28.1 Å². The number of hydrogen-bond acceptors (Lipinski definition) is 5. The van der Waals surface area contributed by atoms with Crippen molar-refractivity contribution in [1.82, 2.24) is 15.5 Å². The lowest BCUT2D eigenvalue weighted by Gasteiger charge is -2.34. The van der Waals surface area contributed by atoms with Crippen LogP contribution in [0.5, 0.6) is 0 Å². The van der Waals surface area contributed by atoms with E-state index in [-0.39, 0.29) is 18.0 Å². The van der Waals surface area contributed by atoms with Crippen molar-refractivity contribution in [3.05, 3.63) is 22.5 Å². The molecule has 2 aliphatic rings. The first-order valence-electron chi connectivity index (χ1n) is 7.49. The molecule has 0 unspecified atom stereocenters. The van der Waals surface area contributed by atoms with E-state index in [4.69, 9.17) is 10.3 Å². The summed E-state index contributed by atoms with van der Waals surface area (Å²) in [6.07, 6.45) is 4.74. The molecule has 110 valence electrons. The number of fused-ring (bicyclic) bond motifs is 2. The molecule has 2 aliphatic carbocycles. The minimum atomic E-state index is -0.0630. The Morgan fingerprint density at radius 3 is 2.95 bits per heavy atom. The first-order valence-corrected chi connectivity index (χ1v) is 7.49. The summed E-state index contributed by atoms with van der Waals surface area (Å²) in [5.41, 5.74) is 9.84. The SMILES string of the molecule is Cc1noc2nc3c(c(C(=O)N[C@@H]4CC[C@@H]4N)c12)CCC3. The third kappa shape index (κ3) is 1.86. The van der Waals surface area contributed by atoms with Crippen LogP contribution in [0.2, 0.25) is 0 Å². The average molecular weight is 286 g/mol. The molecular formula is C15H18N4O2. The molecule has 0 aromatic carbocycles. The van der Waals surface area contributed by atoms with E-state index < -0.39 is 0 Å². The number of carbonyl (C=O) groups is 1. The number of aryl methyl sites for hydroxylation is 2. The molecule has 0 aliphatic heterocycles. The van der Waals surface area contributed by atoms with Gasteiger partial charge in [0.1, 0.15) is 0 Å². The highest BCUT2D eigenvalue weighted by molar-refractivity contribution is 6.07. The van der Waals surface area contributed by atoms with Gasteiger partial charge in [-0.15, -0.1) is 0 Å². The van der Waals surface area contributed by atoms with Crippen LogP contribution < -0.4 is 11.1 Å². The Balaban J connectivity index is 1.82. The number of pyridine rings is 1. The minimum Gasteiger partial charge on any atom is -0.348 e. The zero-order valence-electron chi connectivity index (χ0n) is 12.0.